The van der Waals surface area contributed by atoms with Crippen molar-refractivity contribution in [3.05, 3.63) is 90.4 Å². The molecule has 0 aliphatic heterocycles. The van der Waals surface area contributed by atoms with Gasteiger partial charge >= 0.3 is 0 Å². The average Bonchev–Trinajstić information content (AvgIpc) is 3.31. The fraction of sp³-hybridized carbons (Fsp3) is 0.467. The molecule has 0 saturated heterocycles. The van der Waals surface area contributed by atoms with Crippen LogP contribution in [0.1, 0.15) is 65.2 Å². The Morgan fingerprint density at radius 3 is 1.45 bits per heavy atom. The van der Waals surface area contributed by atoms with Gasteiger partial charge in [0.1, 0.15) is 8.07 Å². The van der Waals surface area contributed by atoms with E-state index in [1.165, 1.54) is 73.7 Å². The Hall–Kier alpha value is -0.903. The molecule has 0 fully saturated rings. The largest absolute Gasteiger partial charge is 0.114 e. The maximum Gasteiger partial charge on any atom is 0.114 e. The monoisotopic (exact) mass is 580 g/mol. The van der Waals surface area contributed by atoms with E-state index < -0.39 is 8.07 Å². The standard InChI is InChI=1S/C30H34Br2Si/c1-17-13-23-25(15-19-9-5-7-11-21(19)27(23)31)29(17)33(3,4)30-18(2)14-24-26(30)16-20-10-6-8-12-22(20)28(24)32/h13-16,27-28H,5-12H2,1-4H3. The summed E-state index contributed by atoms with van der Waals surface area (Å²) in [6, 6.07) is 0. The molecule has 0 spiro atoms. The van der Waals surface area contributed by atoms with Gasteiger partial charge in [0.25, 0.3) is 0 Å². The van der Waals surface area contributed by atoms with E-state index in [4.69, 9.17) is 0 Å². The van der Waals surface area contributed by atoms with Crippen molar-refractivity contribution in [2.75, 3.05) is 0 Å². The molecular formula is C30H34Br2Si. The normalized spacial score (nSPS) is 29.4. The van der Waals surface area contributed by atoms with E-state index in [1.807, 2.05) is 0 Å². The molecule has 172 valence electrons. The Morgan fingerprint density at radius 2 is 1.03 bits per heavy atom. The number of hydrogen-bond donors (Lipinski definition) is 0. The first-order chi connectivity index (χ1) is 15.8. The summed E-state index contributed by atoms with van der Waals surface area (Å²) < 4.78 is 0. The Kier molecular flexibility index (Phi) is 5.51. The summed E-state index contributed by atoms with van der Waals surface area (Å²) in [4.78, 5) is 0.821. The van der Waals surface area contributed by atoms with Gasteiger partial charge in [0.2, 0.25) is 0 Å². The molecule has 2 atom stereocenters. The average molecular weight is 582 g/mol. The van der Waals surface area contributed by atoms with E-state index in [0.29, 0.717) is 9.65 Å². The van der Waals surface area contributed by atoms with Gasteiger partial charge in [-0.2, -0.15) is 0 Å². The van der Waals surface area contributed by atoms with Crippen LogP contribution in [-0.2, 0) is 0 Å². The fourth-order valence-corrected chi connectivity index (χ4v) is 13.5. The van der Waals surface area contributed by atoms with Crippen LogP contribution in [0.4, 0.5) is 0 Å². The lowest BCUT2D eigenvalue weighted by atomic mass is 9.81. The fourth-order valence-electron chi connectivity index (χ4n) is 7.53. The molecular weight excluding hydrogens is 548 g/mol. The highest BCUT2D eigenvalue weighted by Gasteiger charge is 2.45. The molecule has 0 amide bonds. The highest BCUT2D eigenvalue weighted by Crippen LogP contribution is 2.54. The molecule has 2 unspecified atom stereocenters. The number of halogens is 2. The molecule has 0 bridgehead atoms. The van der Waals surface area contributed by atoms with Crippen LogP contribution in [0.5, 0.6) is 0 Å². The van der Waals surface area contributed by atoms with E-state index in [1.54, 1.807) is 43.8 Å². The Morgan fingerprint density at radius 1 is 0.636 bits per heavy atom. The summed E-state index contributed by atoms with van der Waals surface area (Å²) >= 11 is 8.26. The Bertz CT molecular complexity index is 1130. The maximum atomic E-state index is 4.13. The van der Waals surface area contributed by atoms with Crippen LogP contribution in [0.25, 0.3) is 0 Å². The van der Waals surface area contributed by atoms with E-state index in [2.05, 4.69) is 83.1 Å². The van der Waals surface area contributed by atoms with Crippen LogP contribution >= 0.6 is 31.9 Å². The van der Waals surface area contributed by atoms with Crippen molar-refractivity contribution in [1.29, 1.82) is 0 Å². The van der Waals surface area contributed by atoms with E-state index in [0.717, 1.165) is 0 Å². The van der Waals surface area contributed by atoms with Gasteiger partial charge in [-0.15, -0.1) is 0 Å². The van der Waals surface area contributed by atoms with E-state index in [9.17, 15) is 0 Å². The number of allylic oxidation sites excluding steroid dienone is 16. The molecule has 0 N–H and O–H groups in total. The van der Waals surface area contributed by atoms with Gasteiger partial charge in [0.15, 0.2) is 0 Å². The van der Waals surface area contributed by atoms with Gasteiger partial charge in [0.05, 0.1) is 9.65 Å². The third kappa shape index (κ3) is 3.32. The zero-order valence-electron chi connectivity index (χ0n) is 20.4. The van der Waals surface area contributed by atoms with Crippen molar-refractivity contribution in [2.45, 2.75) is 88.0 Å². The van der Waals surface area contributed by atoms with Crippen molar-refractivity contribution in [2.24, 2.45) is 0 Å². The quantitative estimate of drug-likeness (QED) is 0.225. The predicted octanol–water partition coefficient (Wildman–Crippen LogP) is 9.43. The first-order valence-electron chi connectivity index (χ1n) is 12.8. The lowest BCUT2D eigenvalue weighted by molar-refractivity contribution is 0.669. The van der Waals surface area contributed by atoms with E-state index >= 15 is 0 Å². The first kappa shape index (κ1) is 22.6. The smallest absolute Gasteiger partial charge is 0.0790 e. The zero-order chi connectivity index (χ0) is 23.1. The summed E-state index contributed by atoms with van der Waals surface area (Å²) in [7, 11) is -1.92. The number of fused-ring (bicyclic) bond motifs is 2. The van der Waals surface area contributed by atoms with Crippen molar-refractivity contribution in [3.8, 4) is 0 Å². The summed E-state index contributed by atoms with van der Waals surface area (Å²) in [6.07, 6.45) is 20.6. The number of rotatable bonds is 2. The van der Waals surface area contributed by atoms with Gasteiger partial charge in [-0.25, -0.2) is 0 Å². The molecule has 6 rings (SSSR count). The molecule has 0 aromatic rings. The van der Waals surface area contributed by atoms with Crippen molar-refractivity contribution < 1.29 is 0 Å². The van der Waals surface area contributed by atoms with Crippen LogP contribution in [0.2, 0.25) is 13.1 Å². The summed E-state index contributed by atoms with van der Waals surface area (Å²) in [6.45, 7) is 9.97. The van der Waals surface area contributed by atoms with E-state index in [-0.39, 0.29) is 0 Å². The minimum atomic E-state index is -1.92. The van der Waals surface area contributed by atoms with Gasteiger partial charge < -0.3 is 0 Å². The molecule has 0 aromatic carbocycles. The molecule has 0 nitrogen and oxygen atoms in total. The third-order valence-corrected chi connectivity index (χ3v) is 14.8. The van der Waals surface area contributed by atoms with Gasteiger partial charge in [-0.05, 0) is 120 Å². The molecule has 0 saturated carbocycles. The third-order valence-electron chi connectivity index (χ3n) is 8.85. The minimum Gasteiger partial charge on any atom is -0.0790 e. The van der Waals surface area contributed by atoms with Gasteiger partial charge in [0, 0.05) is 0 Å². The SMILES string of the molecule is CC1=C([Si](C)(C)C2=C(C)C=C3C2=CC2=C(CCCC2)C3Br)C2=CC3=C(CCCC3)C(Br)C2=C1. The van der Waals surface area contributed by atoms with Crippen LogP contribution in [0.3, 0.4) is 0 Å². The number of hydrogen-bond acceptors (Lipinski definition) is 0. The van der Waals surface area contributed by atoms with Crippen LogP contribution < -0.4 is 0 Å². The minimum absolute atomic E-state index is 0.410. The highest BCUT2D eigenvalue weighted by molar-refractivity contribution is 9.10. The summed E-state index contributed by atoms with van der Waals surface area (Å²) in [5, 5.41) is 3.36. The van der Waals surface area contributed by atoms with Gasteiger partial charge in [-0.3, -0.25) is 0 Å². The van der Waals surface area contributed by atoms with Crippen LogP contribution in [0, 0.1) is 0 Å². The summed E-state index contributed by atoms with van der Waals surface area (Å²) in [5.41, 5.74) is 15.7. The van der Waals surface area contributed by atoms with Crippen molar-refractivity contribution in [1.82, 2.24) is 0 Å². The summed E-state index contributed by atoms with van der Waals surface area (Å²) in [5.74, 6) is 0. The molecule has 6 aliphatic carbocycles. The highest BCUT2D eigenvalue weighted by atomic mass is 79.9. The van der Waals surface area contributed by atoms with Crippen molar-refractivity contribution in [3.63, 3.8) is 0 Å². The molecule has 0 radical (unpaired) electrons. The lowest BCUT2D eigenvalue weighted by Gasteiger charge is -2.37. The Labute approximate surface area is 217 Å². The molecule has 0 aromatic heterocycles. The maximum absolute atomic E-state index is 4.13. The second-order valence-electron chi connectivity index (χ2n) is 11.3. The lowest BCUT2D eigenvalue weighted by Crippen LogP contribution is -2.36. The molecule has 33 heavy (non-hydrogen) atoms. The number of alkyl halides is 2. The van der Waals surface area contributed by atoms with Gasteiger partial charge in [-0.1, -0.05) is 80.4 Å². The zero-order valence-corrected chi connectivity index (χ0v) is 24.5. The molecule has 3 heteroatoms. The Balaban J connectivity index is 1.45. The topological polar surface area (TPSA) is 0 Å². The first-order valence-corrected chi connectivity index (χ1v) is 17.6. The predicted molar refractivity (Wildman–Crippen MR) is 152 cm³/mol. The van der Waals surface area contributed by atoms with Crippen LogP contribution in [-0.4, -0.2) is 17.7 Å². The second-order valence-corrected chi connectivity index (χ2v) is 17.4. The second kappa shape index (κ2) is 8.07. The van der Waals surface area contributed by atoms with Crippen molar-refractivity contribution >= 4 is 39.9 Å². The van der Waals surface area contributed by atoms with Crippen LogP contribution in [0.15, 0.2) is 90.4 Å². The molecule has 6 aliphatic rings. The molecule has 0 heterocycles.